The molecule has 1 aliphatic heterocycles. The summed E-state index contributed by atoms with van der Waals surface area (Å²) in [6.45, 7) is 1.13. The smallest absolute Gasteiger partial charge is 0.410 e. The summed E-state index contributed by atoms with van der Waals surface area (Å²) in [6, 6.07) is 18.6. The van der Waals surface area contributed by atoms with E-state index in [1.165, 1.54) is 11.1 Å². The maximum Gasteiger partial charge on any atom is 0.410 e. The monoisotopic (exact) mass is 293 g/mol. The first-order chi connectivity index (χ1) is 10.8. The van der Waals surface area contributed by atoms with Crippen LogP contribution in [0, 0.1) is 0 Å². The van der Waals surface area contributed by atoms with Gasteiger partial charge in [0, 0.05) is 6.54 Å². The predicted octanol–water partition coefficient (Wildman–Crippen LogP) is 4.26. The number of carbonyl (C=O) groups excluding carboxylic acids is 1. The normalized spacial score (nSPS) is 22.3. The molecule has 0 aromatic heterocycles. The van der Waals surface area contributed by atoms with Crippen LogP contribution in [0.2, 0.25) is 0 Å². The Morgan fingerprint density at radius 2 is 1.77 bits per heavy atom. The maximum absolute atomic E-state index is 12.5. The minimum Gasteiger partial charge on any atom is -0.445 e. The van der Waals surface area contributed by atoms with Crippen molar-refractivity contribution in [2.45, 2.75) is 31.4 Å². The second-order valence-corrected chi connectivity index (χ2v) is 6.10. The van der Waals surface area contributed by atoms with Crippen molar-refractivity contribution in [3.05, 3.63) is 71.3 Å². The second-order valence-electron chi connectivity index (χ2n) is 6.10. The molecule has 2 unspecified atom stereocenters. The highest BCUT2D eigenvalue weighted by Gasteiger charge is 2.41. The zero-order valence-corrected chi connectivity index (χ0v) is 12.4. The standard InChI is InChI=1S/C19H19NO2/c21-19(22-13-14-6-2-1-3-7-14)20-11-10-15-12-18(20)17-9-5-4-8-16(15)17/h1-9,15,18H,10-13H2. The van der Waals surface area contributed by atoms with Crippen LogP contribution in [0.3, 0.4) is 0 Å². The molecule has 3 nitrogen and oxygen atoms in total. The van der Waals surface area contributed by atoms with Gasteiger partial charge in [0.15, 0.2) is 0 Å². The van der Waals surface area contributed by atoms with Crippen LogP contribution in [0.25, 0.3) is 0 Å². The highest BCUT2D eigenvalue weighted by Crippen LogP contribution is 2.48. The molecule has 1 amide bonds. The number of hydrogen-bond donors (Lipinski definition) is 0. The lowest BCUT2D eigenvalue weighted by Gasteiger charge is -2.32. The molecule has 0 radical (unpaired) electrons. The number of benzene rings is 2. The van der Waals surface area contributed by atoms with Gasteiger partial charge in [0.25, 0.3) is 0 Å². The van der Waals surface area contributed by atoms with E-state index in [-0.39, 0.29) is 12.1 Å². The second kappa shape index (κ2) is 5.48. The number of piperidine rings is 1. The highest BCUT2D eigenvalue weighted by molar-refractivity contribution is 5.69. The summed E-state index contributed by atoms with van der Waals surface area (Å²) in [6.07, 6.45) is 1.89. The number of ether oxygens (including phenoxy) is 1. The van der Waals surface area contributed by atoms with Crippen LogP contribution in [-0.2, 0) is 11.3 Å². The van der Waals surface area contributed by atoms with E-state index >= 15 is 0 Å². The van der Waals surface area contributed by atoms with Crippen molar-refractivity contribution in [1.82, 2.24) is 4.90 Å². The summed E-state index contributed by atoms with van der Waals surface area (Å²) in [4.78, 5) is 14.4. The fourth-order valence-corrected chi connectivity index (χ4v) is 3.75. The third kappa shape index (κ3) is 2.27. The van der Waals surface area contributed by atoms with E-state index in [2.05, 4.69) is 24.3 Å². The molecule has 3 heteroatoms. The van der Waals surface area contributed by atoms with E-state index in [1.54, 1.807) is 0 Å². The molecule has 1 fully saturated rings. The van der Waals surface area contributed by atoms with Gasteiger partial charge < -0.3 is 9.64 Å². The molecule has 2 aromatic carbocycles. The topological polar surface area (TPSA) is 29.5 Å². The molecule has 0 spiro atoms. The van der Waals surface area contributed by atoms with Crippen molar-refractivity contribution in [3.8, 4) is 0 Å². The zero-order chi connectivity index (χ0) is 14.9. The Labute approximate surface area is 130 Å². The summed E-state index contributed by atoms with van der Waals surface area (Å²) in [5.41, 5.74) is 3.75. The minimum atomic E-state index is -0.191. The van der Waals surface area contributed by atoms with Gasteiger partial charge in [0.1, 0.15) is 6.61 Å². The Hall–Kier alpha value is -2.29. The quantitative estimate of drug-likeness (QED) is 0.828. The fraction of sp³-hybridized carbons (Fsp3) is 0.316. The summed E-state index contributed by atoms with van der Waals surface area (Å²) in [5, 5.41) is 0. The Kier molecular flexibility index (Phi) is 3.34. The molecule has 4 rings (SSSR count). The molecule has 2 aromatic rings. The van der Waals surface area contributed by atoms with Crippen LogP contribution in [0.4, 0.5) is 4.79 Å². The molecular formula is C19H19NO2. The summed E-state index contributed by atoms with van der Waals surface area (Å²) in [7, 11) is 0. The number of amides is 1. The van der Waals surface area contributed by atoms with Gasteiger partial charge in [0.05, 0.1) is 6.04 Å². The highest BCUT2D eigenvalue weighted by atomic mass is 16.6. The summed E-state index contributed by atoms with van der Waals surface area (Å²) < 4.78 is 5.52. The van der Waals surface area contributed by atoms with E-state index < -0.39 is 0 Å². The van der Waals surface area contributed by atoms with Gasteiger partial charge in [-0.05, 0) is 35.4 Å². The molecular weight excluding hydrogens is 274 g/mol. The third-order valence-electron chi connectivity index (χ3n) is 4.84. The number of rotatable bonds is 2. The number of hydrogen-bond acceptors (Lipinski definition) is 2. The molecule has 2 aliphatic rings. The van der Waals surface area contributed by atoms with Gasteiger partial charge in [-0.1, -0.05) is 54.6 Å². The van der Waals surface area contributed by atoms with Crippen LogP contribution in [0.15, 0.2) is 54.6 Å². The van der Waals surface area contributed by atoms with E-state index in [1.807, 2.05) is 35.2 Å². The minimum absolute atomic E-state index is 0.191. The molecule has 0 N–H and O–H groups in total. The van der Waals surface area contributed by atoms with Crippen molar-refractivity contribution in [1.29, 1.82) is 0 Å². The molecule has 1 heterocycles. The van der Waals surface area contributed by atoms with E-state index in [4.69, 9.17) is 4.74 Å². The van der Waals surface area contributed by atoms with Crippen LogP contribution in [0.5, 0.6) is 0 Å². The Balaban J connectivity index is 1.48. The zero-order valence-electron chi connectivity index (χ0n) is 12.4. The maximum atomic E-state index is 12.5. The number of likely N-dealkylation sites (tertiary alicyclic amines) is 1. The lowest BCUT2D eigenvalue weighted by atomic mass is 9.96. The number of nitrogens with zero attached hydrogens (tertiary/aromatic N) is 1. The van der Waals surface area contributed by atoms with E-state index in [0.29, 0.717) is 12.5 Å². The molecule has 22 heavy (non-hydrogen) atoms. The fourth-order valence-electron chi connectivity index (χ4n) is 3.75. The third-order valence-corrected chi connectivity index (χ3v) is 4.84. The SMILES string of the molecule is O=C(OCc1ccccc1)N1CCC2CC1c1ccccc12. The summed E-state index contributed by atoms with van der Waals surface area (Å²) in [5.74, 6) is 0.611. The average Bonchev–Trinajstić information content (AvgIpc) is 2.87. The Bertz CT molecular complexity index is 683. The van der Waals surface area contributed by atoms with Crippen molar-refractivity contribution in [3.63, 3.8) is 0 Å². The van der Waals surface area contributed by atoms with Gasteiger partial charge >= 0.3 is 6.09 Å². The first-order valence-corrected chi connectivity index (χ1v) is 7.89. The van der Waals surface area contributed by atoms with Crippen LogP contribution >= 0.6 is 0 Å². The van der Waals surface area contributed by atoms with E-state index in [0.717, 1.165) is 24.9 Å². The summed E-state index contributed by atoms with van der Waals surface area (Å²) >= 11 is 0. The molecule has 2 bridgehead atoms. The van der Waals surface area contributed by atoms with Gasteiger partial charge in [-0.2, -0.15) is 0 Å². The van der Waals surface area contributed by atoms with Gasteiger partial charge in [-0.3, -0.25) is 0 Å². The lowest BCUT2D eigenvalue weighted by molar-refractivity contribution is 0.0694. The van der Waals surface area contributed by atoms with Crippen LogP contribution in [0.1, 0.15) is 41.5 Å². The van der Waals surface area contributed by atoms with Crippen molar-refractivity contribution >= 4 is 6.09 Å². The van der Waals surface area contributed by atoms with Gasteiger partial charge in [-0.15, -0.1) is 0 Å². The first-order valence-electron chi connectivity index (χ1n) is 7.89. The molecule has 0 saturated carbocycles. The largest absolute Gasteiger partial charge is 0.445 e. The van der Waals surface area contributed by atoms with E-state index in [9.17, 15) is 4.79 Å². The average molecular weight is 293 g/mol. The van der Waals surface area contributed by atoms with Crippen molar-refractivity contribution in [2.75, 3.05) is 6.54 Å². The number of fused-ring (bicyclic) bond motifs is 5. The first kappa shape index (κ1) is 13.4. The Morgan fingerprint density at radius 3 is 2.59 bits per heavy atom. The predicted molar refractivity (Wildman–Crippen MR) is 84.5 cm³/mol. The van der Waals surface area contributed by atoms with Crippen LogP contribution in [-0.4, -0.2) is 17.5 Å². The van der Waals surface area contributed by atoms with Crippen LogP contribution < -0.4 is 0 Å². The molecule has 2 atom stereocenters. The van der Waals surface area contributed by atoms with Crippen molar-refractivity contribution in [2.24, 2.45) is 0 Å². The molecule has 112 valence electrons. The molecule has 1 saturated heterocycles. The lowest BCUT2D eigenvalue weighted by Crippen LogP contribution is -2.37. The Morgan fingerprint density at radius 1 is 1.05 bits per heavy atom. The van der Waals surface area contributed by atoms with Gasteiger partial charge in [-0.25, -0.2) is 4.79 Å². The number of carbonyl (C=O) groups is 1. The van der Waals surface area contributed by atoms with Crippen molar-refractivity contribution < 1.29 is 9.53 Å². The van der Waals surface area contributed by atoms with Gasteiger partial charge in [0.2, 0.25) is 0 Å². The molecule has 1 aliphatic carbocycles.